The van der Waals surface area contributed by atoms with Crippen molar-refractivity contribution in [2.24, 2.45) is 0 Å². The number of nitrogens with zero attached hydrogens (tertiary/aromatic N) is 1. The third-order valence-electron chi connectivity index (χ3n) is 5.07. The van der Waals surface area contributed by atoms with Crippen molar-refractivity contribution in [2.45, 2.75) is 25.8 Å². The molecule has 1 fully saturated rings. The maximum Gasteiger partial charge on any atom is 0.338 e. The highest BCUT2D eigenvalue weighted by Gasteiger charge is 2.36. The first-order valence-electron chi connectivity index (χ1n) is 9.90. The lowest BCUT2D eigenvalue weighted by Gasteiger charge is -2.33. The van der Waals surface area contributed by atoms with Gasteiger partial charge in [-0.1, -0.05) is 0 Å². The van der Waals surface area contributed by atoms with Crippen LogP contribution in [0.15, 0.2) is 42.5 Å². The van der Waals surface area contributed by atoms with Crippen molar-refractivity contribution in [3.05, 3.63) is 48.0 Å². The smallest absolute Gasteiger partial charge is 0.338 e. The van der Waals surface area contributed by atoms with Crippen molar-refractivity contribution in [3.63, 3.8) is 0 Å². The molecule has 7 heteroatoms. The van der Waals surface area contributed by atoms with Crippen LogP contribution >= 0.6 is 0 Å². The molecule has 7 nitrogen and oxygen atoms in total. The molecule has 0 aromatic heterocycles. The molecule has 29 heavy (non-hydrogen) atoms. The molecule has 1 atom stereocenters. The standard InChI is InChI=1S/C22H24N2O5/c1-2-27-16-6-8-17(9-7-16)28-12-13-29-22(26)15-5-10-19-18(14-15)23-21(25)20-4-3-11-24(19)20/h5-10,14,20H,2-4,11-13H2,1H3,(H,23,25)/t20-/m1/s1. The Morgan fingerprint density at radius 3 is 2.62 bits per heavy atom. The zero-order valence-electron chi connectivity index (χ0n) is 16.3. The molecule has 2 aromatic carbocycles. The summed E-state index contributed by atoms with van der Waals surface area (Å²) in [5, 5.41) is 2.91. The summed E-state index contributed by atoms with van der Waals surface area (Å²) < 4.78 is 16.3. The van der Waals surface area contributed by atoms with Gasteiger partial charge in [0, 0.05) is 6.54 Å². The summed E-state index contributed by atoms with van der Waals surface area (Å²) >= 11 is 0. The fourth-order valence-electron chi connectivity index (χ4n) is 3.73. The number of anilines is 2. The second-order valence-corrected chi connectivity index (χ2v) is 6.96. The molecule has 0 saturated carbocycles. The second kappa shape index (κ2) is 8.43. The molecular weight excluding hydrogens is 372 g/mol. The van der Waals surface area contributed by atoms with Crippen LogP contribution in [-0.4, -0.2) is 44.3 Å². The Morgan fingerprint density at radius 1 is 1.10 bits per heavy atom. The molecule has 0 bridgehead atoms. The van der Waals surface area contributed by atoms with E-state index in [1.54, 1.807) is 12.1 Å². The maximum atomic E-state index is 12.3. The van der Waals surface area contributed by atoms with Crippen LogP contribution in [0.3, 0.4) is 0 Å². The van der Waals surface area contributed by atoms with E-state index in [2.05, 4.69) is 10.2 Å². The Bertz CT molecular complexity index is 897. The van der Waals surface area contributed by atoms with Gasteiger partial charge >= 0.3 is 5.97 Å². The largest absolute Gasteiger partial charge is 0.494 e. The predicted octanol–water partition coefficient (Wildman–Crippen LogP) is 3.24. The van der Waals surface area contributed by atoms with Crippen LogP contribution in [0.25, 0.3) is 0 Å². The summed E-state index contributed by atoms with van der Waals surface area (Å²) in [4.78, 5) is 26.7. The number of fused-ring (bicyclic) bond motifs is 3. The number of amides is 1. The molecule has 1 saturated heterocycles. The van der Waals surface area contributed by atoms with E-state index in [0.717, 1.165) is 30.8 Å². The molecule has 0 radical (unpaired) electrons. The quantitative estimate of drug-likeness (QED) is 0.572. The molecule has 0 unspecified atom stereocenters. The van der Waals surface area contributed by atoms with Crippen molar-refractivity contribution in [3.8, 4) is 11.5 Å². The summed E-state index contributed by atoms with van der Waals surface area (Å²) in [5.74, 6) is 1.01. The molecule has 2 aliphatic heterocycles. The topological polar surface area (TPSA) is 77.1 Å². The van der Waals surface area contributed by atoms with Gasteiger partial charge in [-0.25, -0.2) is 4.79 Å². The van der Waals surface area contributed by atoms with Crippen LogP contribution in [0.2, 0.25) is 0 Å². The number of hydrogen-bond acceptors (Lipinski definition) is 6. The van der Waals surface area contributed by atoms with E-state index in [1.165, 1.54) is 0 Å². The first kappa shape index (κ1) is 19.1. The Hall–Kier alpha value is -3.22. The highest BCUT2D eigenvalue weighted by Crippen LogP contribution is 2.37. The van der Waals surface area contributed by atoms with Crippen molar-refractivity contribution >= 4 is 23.3 Å². The Labute approximate surface area is 169 Å². The Morgan fingerprint density at radius 2 is 1.86 bits per heavy atom. The minimum Gasteiger partial charge on any atom is -0.494 e. The Balaban J connectivity index is 1.30. The average molecular weight is 396 g/mol. The van der Waals surface area contributed by atoms with E-state index in [4.69, 9.17) is 14.2 Å². The number of ether oxygens (including phenoxy) is 3. The van der Waals surface area contributed by atoms with Gasteiger partial charge in [0.1, 0.15) is 30.8 Å². The number of carbonyl (C=O) groups is 2. The monoisotopic (exact) mass is 396 g/mol. The van der Waals surface area contributed by atoms with Gasteiger partial charge in [-0.05, 0) is 62.2 Å². The highest BCUT2D eigenvalue weighted by molar-refractivity contribution is 6.05. The molecule has 2 aliphatic rings. The molecule has 0 spiro atoms. The Kier molecular flexibility index (Phi) is 5.55. The van der Waals surface area contributed by atoms with E-state index in [-0.39, 0.29) is 25.2 Å². The van der Waals surface area contributed by atoms with Gasteiger partial charge < -0.3 is 24.4 Å². The third-order valence-corrected chi connectivity index (χ3v) is 5.07. The van der Waals surface area contributed by atoms with Crippen molar-refractivity contribution in [2.75, 3.05) is 36.6 Å². The number of nitrogens with one attached hydrogen (secondary N) is 1. The summed E-state index contributed by atoms with van der Waals surface area (Å²) in [6.07, 6.45) is 1.86. The SMILES string of the molecule is CCOc1ccc(OCCOC(=O)c2ccc3c(c2)NC(=O)[C@H]2CCCN32)cc1. The number of rotatable bonds is 7. The van der Waals surface area contributed by atoms with Gasteiger partial charge in [0.05, 0.1) is 23.5 Å². The average Bonchev–Trinajstić information content (AvgIpc) is 3.23. The van der Waals surface area contributed by atoms with Crippen LogP contribution < -0.4 is 19.7 Å². The van der Waals surface area contributed by atoms with Crippen LogP contribution in [0.1, 0.15) is 30.1 Å². The van der Waals surface area contributed by atoms with Gasteiger partial charge in [-0.3, -0.25) is 4.79 Å². The van der Waals surface area contributed by atoms with E-state index >= 15 is 0 Å². The molecule has 152 valence electrons. The summed E-state index contributed by atoms with van der Waals surface area (Å²) in [7, 11) is 0. The second-order valence-electron chi connectivity index (χ2n) is 6.96. The lowest BCUT2D eigenvalue weighted by atomic mass is 10.1. The number of esters is 1. The fraction of sp³-hybridized carbons (Fsp3) is 0.364. The number of benzene rings is 2. The third kappa shape index (κ3) is 4.13. The normalized spacial score (nSPS) is 17.2. The zero-order chi connectivity index (χ0) is 20.2. The molecule has 1 amide bonds. The summed E-state index contributed by atoms with van der Waals surface area (Å²) in [5.41, 5.74) is 2.03. The van der Waals surface area contributed by atoms with Crippen molar-refractivity contribution < 1.29 is 23.8 Å². The lowest BCUT2D eigenvalue weighted by Crippen LogP contribution is -2.43. The van der Waals surface area contributed by atoms with E-state index < -0.39 is 5.97 Å². The van der Waals surface area contributed by atoms with Crippen LogP contribution in [-0.2, 0) is 9.53 Å². The number of hydrogen-bond donors (Lipinski definition) is 1. The molecule has 2 heterocycles. The first-order chi connectivity index (χ1) is 14.2. The fourth-order valence-corrected chi connectivity index (χ4v) is 3.73. The maximum absolute atomic E-state index is 12.3. The molecule has 0 aliphatic carbocycles. The van der Waals surface area contributed by atoms with Crippen LogP contribution in [0.4, 0.5) is 11.4 Å². The van der Waals surface area contributed by atoms with Gasteiger partial charge in [-0.15, -0.1) is 0 Å². The van der Waals surface area contributed by atoms with Crippen molar-refractivity contribution in [1.82, 2.24) is 0 Å². The van der Waals surface area contributed by atoms with E-state index in [9.17, 15) is 9.59 Å². The zero-order valence-corrected chi connectivity index (χ0v) is 16.3. The van der Waals surface area contributed by atoms with Gasteiger partial charge in [0.25, 0.3) is 0 Å². The molecule has 1 N–H and O–H groups in total. The first-order valence-corrected chi connectivity index (χ1v) is 9.90. The van der Waals surface area contributed by atoms with Gasteiger partial charge in [0.2, 0.25) is 5.91 Å². The van der Waals surface area contributed by atoms with Crippen molar-refractivity contribution in [1.29, 1.82) is 0 Å². The minimum atomic E-state index is -0.444. The summed E-state index contributed by atoms with van der Waals surface area (Å²) in [6.45, 7) is 3.78. The van der Waals surface area contributed by atoms with Crippen LogP contribution in [0, 0.1) is 0 Å². The minimum absolute atomic E-state index is 0.00993. The highest BCUT2D eigenvalue weighted by atomic mass is 16.6. The molecular formula is C22H24N2O5. The summed E-state index contributed by atoms with van der Waals surface area (Å²) in [6, 6.07) is 12.5. The molecule has 2 aromatic rings. The van der Waals surface area contributed by atoms with Crippen LogP contribution in [0.5, 0.6) is 11.5 Å². The van der Waals surface area contributed by atoms with E-state index in [0.29, 0.717) is 23.6 Å². The van der Waals surface area contributed by atoms with Gasteiger partial charge in [-0.2, -0.15) is 0 Å². The lowest BCUT2D eigenvalue weighted by molar-refractivity contribution is -0.117. The van der Waals surface area contributed by atoms with Gasteiger partial charge in [0.15, 0.2) is 0 Å². The molecule has 4 rings (SSSR count). The predicted molar refractivity (Wildman–Crippen MR) is 109 cm³/mol. The van der Waals surface area contributed by atoms with E-state index in [1.807, 2.05) is 37.3 Å². The number of carbonyl (C=O) groups excluding carboxylic acids is 2.